The predicted molar refractivity (Wildman–Crippen MR) is 114 cm³/mol. The molecule has 1 amide bonds. The van der Waals surface area contributed by atoms with Crippen LogP contribution >= 0.6 is 11.6 Å². The number of nitrogens with zero attached hydrogens (tertiary/aromatic N) is 6. The second-order valence-electron chi connectivity index (χ2n) is 9.89. The lowest BCUT2D eigenvalue weighted by Gasteiger charge is -2.59. The van der Waals surface area contributed by atoms with Gasteiger partial charge < -0.3 is 14.5 Å². The van der Waals surface area contributed by atoms with Crippen LogP contribution in [0.25, 0.3) is 5.69 Å². The van der Waals surface area contributed by atoms with Gasteiger partial charge in [-0.1, -0.05) is 11.6 Å². The first-order valence-corrected chi connectivity index (χ1v) is 10.6. The van der Waals surface area contributed by atoms with Crippen molar-refractivity contribution in [2.24, 2.45) is 5.41 Å². The van der Waals surface area contributed by atoms with E-state index in [0.717, 1.165) is 61.8 Å². The topological polar surface area (TPSA) is 66.7 Å². The number of carbonyl (C=O) groups excluding carboxylic acids is 1. The molecule has 160 valence electrons. The summed E-state index contributed by atoms with van der Waals surface area (Å²) < 4.78 is 7.64. The van der Waals surface area contributed by atoms with Crippen LogP contribution in [0.2, 0.25) is 5.02 Å². The summed E-state index contributed by atoms with van der Waals surface area (Å²) in [5, 5.41) is 9.73. The van der Waals surface area contributed by atoms with E-state index in [9.17, 15) is 4.79 Å². The van der Waals surface area contributed by atoms with E-state index in [-0.39, 0.29) is 11.5 Å². The van der Waals surface area contributed by atoms with Gasteiger partial charge in [-0.05, 0) is 51.6 Å². The third-order valence-electron chi connectivity index (χ3n) is 5.89. The van der Waals surface area contributed by atoms with E-state index < -0.39 is 5.60 Å². The molecule has 0 saturated carbocycles. The van der Waals surface area contributed by atoms with Crippen molar-refractivity contribution < 1.29 is 9.53 Å². The maximum Gasteiger partial charge on any atom is 0.410 e. The molecule has 0 bridgehead atoms. The number of amides is 1. The third kappa shape index (κ3) is 3.32. The lowest BCUT2D eigenvalue weighted by molar-refractivity contribution is -0.0457. The van der Waals surface area contributed by atoms with Gasteiger partial charge in [-0.2, -0.15) is 0 Å². The van der Waals surface area contributed by atoms with E-state index in [0.29, 0.717) is 0 Å². The Kier molecular flexibility index (Phi) is 4.31. The summed E-state index contributed by atoms with van der Waals surface area (Å²) in [4.78, 5) is 18.5. The molecule has 3 aliphatic rings. The average molecular weight is 431 g/mol. The molecule has 1 aromatic heterocycles. The van der Waals surface area contributed by atoms with E-state index in [4.69, 9.17) is 16.3 Å². The molecule has 1 spiro atoms. The number of aromatic nitrogens is 3. The Morgan fingerprint density at radius 3 is 2.57 bits per heavy atom. The van der Waals surface area contributed by atoms with Gasteiger partial charge in [0.15, 0.2) is 5.82 Å². The van der Waals surface area contributed by atoms with Gasteiger partial charge in [-0.15, -0.1) is 10.2 Å². The number of anilines is 1. The summed E-state index contributed by atoms with van der Waals surface area (Å²) >= 11 is 6.25. The van der Waals surface area contributed by atoms with E-state index in [2.05, 4.69) is 37.7 Å². The Morgan fingerprint density at radius 1 is 1.13 bits per heavy atom. The second kappa shape index (κ2) is 6.59. The Balaban J connectivity index is 1.33. The second-order valence-corrected chi connectivity index (χ2v) is 10.3. The molecule has 2 fully saturated rings. The van der Waals surface area contributed by atoms with E-state index in [1.54, 1.807) is 4.90 Å². The van der Waals surface area contributed by atoms with Crippen LogP contribution in [0.15, 0.2) is 18.2 Å². The zero-order valence-corrected chi connectivity index (χ0v) is 18.6. The molecule has 5 rings (SSSR count). The molecule has 9 heteroatoms. The van der Waals surface area contributed by atoms with E-state index in [1.165, 1.54) is 5.56 Å². The molecule has 0 atom stereocenters. The van der Waals surface area contributed by atoms with Crippen molar-refractivity contribution in [1.29, 1.82) is 0 Å². The van der Waals surface area contributed by atoms with Gasteiger partial charge in [-0.3, -0.25) is 9.47 Å². The Labute approximate surface area is 181 Å². The molecule has 0 radical (unpaired) electrons. The van der Waals surface area contributed by atoms with Gasteiger partial charge in [-0.25, -0.2) is 4.79 Å². The van der Waals surface area contributed by atoms with Crippen molar-refractivity contribution in [3.8, 4) is 5.69 Å². The lowest BCUT2D eigenvalue weighted by Crippen LogP contribution is -2.73. The first-order chi connectivity index (χ1) is 14.1. The maximum atomic E-state index is 12.3. The van der Waals surface area contributed by atoms with Gasteiger partial charge in [0.1, 0.15) is 5.60 Å². The Morgan fingerprint density at radius 2 is 1.87 bits per heavy atom. The van der Waals surface area contributed by atoms with Crippen LogP contribution in [0.1, 0.15) is 32.2 Å². The lowest BCUT2D eigenvalue weighted by atomic mass is 9.73. The monoisotopic (exact) mass is 430 g/mol. The number of hydrogen-bond acceptors (Lipinski definition) is 6. The SMILES string of the molecule is CN1Cc2cc(Cl)ccc2-n2c(nnc2N2CC3(CN(C(=O)OC(C)(C)C)C3)C2)C1. The molecule has 8 nitrogen and oxygen atoms in total. The van der Waals surface area contributed by atoms with Crippen molar-refractivity contribution in [3.63, 3.8) is 0 Å². The van der Waals surface area contributed by atoms with Crippen molar-refractivity contribution in [2.45, 2.75) is 39.5 Å². The zero-order valence-electron chi connectivity index (χ0n) is 17.9. The average Bonchev–Trinajstić information content (AvgIpc) is 2.88. The highest BCUT2D eigenvalue weighted by Crippen LogP contribution is 2.43. The number of hydrogen-bond donors (Lipinski definition) is 0. The van der Waals surface area contributed by atoms with Gasteiger partial charge in [0.25, 0.3) is 0 Å². The van der Waals surface area contributed by atoms with E-state index >= 15 is 0 Å². The smallest absolute Gasteiger partial charge is 0.410 e. The minimum atomic E-state index is -0.464. The molecule has 0 unspecified atom stereocenters. The molecular weight excluding hydrogens is 404 g/mol. The standard InChI is InChI=1S/C21H27ClN6O2/c1-20(2,3)30-19(29)27-12-21(13-27)10-26(11-21)18-24-23-17-9-25(4)8-14-7-15(22)5-6-16(14)28(17)18/h5-7H,8-13H2,1-4H3. The molecule has 3 aliphatic heterocycles. The number of halogens is 1. The van der Waals surface area contributed by atoms with Crippen LogP contribution in [0.3, 0.4) is 0 Å². The highest BCUT2D eigenvalue weighted by atomic mass is 35.5. The van der Waals surface area contributed by atoms with Crippen LogP contribution in [-0.4, -0.2) is 69.5 Å². The summed E-state index contributed by atoms with van der Waals surface area (Å²) in [6, 6.07) is 5.99. The minimum Gasteiger partial charge on any atom is -0.444 e. The normalized spacial score (nSPS) is 20.2. The number of benzene rings is 1. The van der Waals surface area contributed by atoms with Crippen LogP contribution < -0.4 is 4.90 Å². The zero-order chi connectivity index (χ0) is 21.3. The van der Waals surface area contributed by atoms with Crippen LogP contribution in [0.4, 0.5) is 10.7 Å². The fourth-order valence-corrected chi connectivity index (χ4v) is 4.87. The van der Waals surface area contributed by atoms with Gasteiger partial charge in [0.05, 0.1) is 12.2 Å². The quantitative estimate of drug-likeness (QED) is 0.693. The minimum absolute atomic E-state index is 0.133. The summed E-state index contributed by atoms with van der Waals surface area (Å²) in [6.45, 7) is 10.4. The molecule has 1 aromatic carbocycles. The highest BCUT2D eigenvalue weighted by molar-refractivity contribution is 6.30. The van der Waals surface area contributed by atoms with Crippen LogP contribution in [0.5, 0.6) is 0 Å². The molecule has 2 saturated heterocycles. The molecular formula is C21H27ClN6O2. The molecule has 0 aliphatic carbocycles. The van der Waals surface area contributed by atoms with E-state index in [1.807, 2.05) is 32.9 Å². The number of likely N-dealkylation sites (tertiary alicyclic amines) is 1. The van der Waals surface area contributed by atoms with Crippen LogP contribution in [0, 0.1) is 5.41 Å². The van der Waals surface area contributed by atoms with Crippen LogP contribution in [-0.2, 0) is 17.8 Å². The number of rotatable bonds is 1. The van der Waals surface area contributed by atoms with Crippen molar-refractivity contribution in [2.75, 3.05) is 38.1 Å². The highest BCUT2D eigenvalue weighted by Gasteiger charge is 2.55. The first kappa shape index (κ1) is 19.6. The first-order valence-electron chi connectivity index (χ1n) is 10.3. The van der Waals surface area contributed by atoms with Gasteiger partial charge >= 0.3 is 6.09 Å². The molecule has 0 N–H and O–H groups in total. The summed E-state index contributed by atoms with van der Waals surface area (Å²) in [5.74, 6) is 1.80. The van der Waals surface area contributed by atoms with Gasteiger partial charge in [0.2, 0.25) is 5.95 Å². The fraction of sp³-hybridized carbons (Fsp3) is 0.571. The van der Waals surface area contributed by atoms with Crippen molar-refractivity contribution in [3.05, 3.63) is 34.6 Å². The fourth-order valence-electron chi connectivity index (χ4n) is 4.67. The third-order valence-corrected chi connectivity index (χ3v) is 6.12. The molecule has 2 aromatic rings. The Hall–Kier alpha value is -2.32. The van der Waals surface area contributed by atoms with Gasteiger partial charge in [0, 0.05) is 43.2 Å². The number of ether oxygens (including phenoxy) is 1. The predicted octanol–water partition coefficient (Wildman–Crippen LogP) is 2.92. The summed E-state index contributed by atoms with van der Waals surface area (Å²) in [7, 11) is 2.08. The van der Waals surface area contributed by atoms with Crippen molar-refractivity contribution >= 4 is 23.6 Å². The largest absolute Gasteiger partial charge is 0.444 e. The summed E-state index contributed by atoms with van der Waals surface area (Å²) in [6.07, 6.45) is -0.225. The molecule has 4 heterocycles. The maximum absolute atomic E-state index is 12.3. The Bertz CT molecular complexity index is 999. The molecule has 30 heavy (non-hydrogen) atoms. The number of carbonyl (C=O) groups is 1. The summed E-state index contributed by atoms with van der Waals surface area (Å²) in [5.41, 5.74) is 1.92. The van der Waals surface area contributed by atoms with Crippen molar-refractivity contribution in [1.82, 2.24) is 24.6 Å². The number of fused-ring (bicyclic) bond motifs is 3.